The van der Waals surface area contributed by atoms with Crippen LogP contribution in [-0.4, -0.2) is 31.1 Å². The number of rotatable bonds is 5. The summed E-state index contributed by atoms with van der Waals surface area (Å²) in [7, 11) is 0. The van der Waals surface area contributed by atoms with Crippen molar-refractivity contribution in [3.05, 3.63) is 77.2 Å². The van der Waals surface area contributed by atoms with Gasteiger partial charge in [0.1, 0.15) is 23.6 Å². The number of oxazole rings is 1. The minimum atomic E-state index is -0.680. The number of hydrogen-bond donors (Lipinski definition) is 1. The van der Waals surface area contributed by atoms with Crippen molar-refractivity contribution in [2.45, 2.75) is 50.9 Å². The lowest BCUT2D eigenvalue weighted by atomic mass is 9.66. The van der Waals surface area contributed by atoms with Crippen LogP contribution in [-0.2, 0) is 10.2 Å². The van der Waals surface area contributed by atoms with Gasteiger partial charge in [-0.1, -0.05) is 19.9 Å². The Bertz CT molecular complexity index is 1550. The summed E-state index contributed by atoms with van der Waals surface area (Å²) in [5.74, 6) is -2.14. The Morgan fingerprint density at radius 2 is 1.89 bits per heavy atom. The van der Waals surface area contributed by atoms with E-state index >= 15 is 0 Å². The maximum Gasteiger partial charge on any atom is 0.246 e. The zero-order chi connectivity index (χ0) is 26.1. The third-order valence-corrected chi connectivity index (χ3v) is 8.28. The number of aromatic nitrogens is 5. The number of hydrogen-bond acceptors (Lipinski definition) is 7. The Kier molecular flexibility index (Phi) is 5.02. The van der Waals surface area contributed by atoms with E-state index in [2.05, 4.69) is 34.0 Å². The van der Waals surface area contributed by atoms with Crippen LogP contribution in [0.2, 0.25) is 0 Å². The van der Waals surface area contributed by atoms with Gasteiger partial charge in [-0.2, -0.15) is 5.10 Å². The van der Waals surface area contributed by atoms with Crippen molar-refractivity contribution < 1.29 is 18.0 Å². The quantitative estimate of drug-likeness (QED) is 0.421. The summed E-state index contributed by atoms with van der Waals surface area (Å²) in [5.41, 5.74) is 7.66. The molecule has 0 unspecified atom stereocenters. The minimum absolute atomic E-state index is 0.0989. The number of carbonyl (C=O) groups is 1. The molecule has 0 radical (unpaired) electrons. The molecule has 188 valence electrons. The second-order valence-corrected chi connectivity index (χ2v) is 10.3. The smallest absolute Gasteiger partial charge is 0.246 e. The molecule has 2 aliphatic rings. The van der Waals surface area contributed by atoms with Crippen LogP contribution in [0.4, 0.5) is 8.78 Å². The molecule has 6 rings (SSSR count). The highest BCUT2D eigenvalue weighted by Crippen LogP contribution is 2.69. The Morgan fingerprint density at radius 3 is 2.62 bits per heavy atom. The molecule has 0 aliphatic heterocycles. The number of fused-ring (bicyclic) bond motifs is 5. The van der Waals surface area contributed by atoms with Gasteiger partial charge in [0.05, 0.1) is 45.9 Å². The zero-order valence-corrected chi connectivity index (χ0v) is 20.5. The molecule has 8 nitrogen and oxygen atoms in total. The van der Waals surface area contributed by atoms with Gasteiger partial charge in [0, 0.05) is 6.20 Å². The Hall–Kier alpha value is -4.08. The summed E-state index contributed by atoms with van der Waals surface area (Å²) >= 11 is 0. The van der Waals surface area contributed by atoms with Gasteiger partial charge in [-0.15, -0.1) is 5.10 Å². The molecule has 0 spiro atoms. The molecule has 2 aliphatic carbocycles. The van der Waals surface area contributed by atoms with Gasteiger partial charge in [-0.05, 0) is 54.9 Å². The monoisotopic (exact) mass is 502 g/mol. The molecule has 3 atom stereocenters. The summed E-state index contributed by atoms with van der Waals surface area (Å²) < 4.78 is 34.6. The van der Waals surface area contributed by atoms with Crippen molar-refractivity contribution in [1.29, 1.82) is 0 Å². The van der Waals surface area contributed by atoms with Crippen molar-refractivity contribution >= 4 is 5.91 Å². The molecule has 1 amide bonds. The average molecular weight is 503 g/mol. The number of nitrogens with two attached hydrogens (primary N) is 1. The molecule has 1 aromatic carbocycles. The minimum Gasteiger partial charge on any atom is -0.443 e. The summed E-state index contributed by atoms with van der Waals surface area (Å²) in [6.07, 6.45) is 6.29. The highest BCUT2D eigenvalue weighted by atomic mass is 19.1. The molecule has 1 fully saturated rings. The first-order valence-electron chi connectivity index (χ1n) is 12.0. The third kappa shape index (κ3) is 3.17. The summed E-state index contributed by atoms with van der Waals surface area (Å²) in [4.78, 5) is 25.3. The maximum atomic E-state index is 14.5. The standard InChI is InChI=1S/C27H24F2N6O2/c1-13(24(30)36)20-12-37-25(33-20)19-10-31-11-21(32-19)27-8-7-15(26(27,2)3)14-9-18(34-35-23(14)27)22-16(28)5-4-6-17(22)29/h4-6,9-13,15H,7-8H2,1-3H3,(H2,30,36)/t13-,15+,27-/m1/s1. The summed E-state index contributed by atoms with van der Waals surface area (Å²) in [6.45, 7) is 5.96. The molecule has 1 saturated carbocycles. The largest absolute Gasteiger partial charge is 0.443 e. The van der Waals surface area contributed by atoms with Gasteiger partial charge < -0.3 is 10.2 Å². The van der Waals surface area contributed by atoms with Crippen LogP contribution >= 0.6 is 0 Å². The van der Waals surface area contributed by atoms with Crippen LogP contribution in [0.3, 0.4) is 0 Å². The summed E-state index contributed by atoms with van der Waals surface area (Å²) in [5, 5.41) is 8.82. The fourth-order valence-corrected chi connectivity index (χ4v) is 6.18. The van der Waals surface area contributed by atoms with E-state index < -0.39 is 28.9 Å². The molecule has 4 aromatic rings. The van der Waals surface area contributed by atoms with Gasteiger partial charge in [0.25, 0.3) is 0 Å². The molecular formula is C27H24F2N6O2. The topological polar surface area (TPSA) is 121 Å². The van der Waals surface area contributed by atoms with E-state index in [1.54, 1.807) is 25.4 Å². The van der Waals surface area contributed by atoms with Crippen molar-refractivity contribution in [2.75, 3.05) is 0 Å². The van der Waals surface area contributed by atoms with Crippen LogP contribution in [0.5, 0.6) is 0 Å². The third-order valence-electron chi connectivity index (χ3n) is 8.28. The number of carbonyl (C=O) groups excluding carboxylic acids is 1. The predicted octanol–water partition coefficient (Wildman–Crippen LogP) is 4.66. The SMILES string of the molecule is C[C@@H](C(N)=O)c1coc(-c2cncc([C@]34CC[C@@H](c5cc(-c6c(F)cccc6F)nnc53)C4(C)C)n2)n1. The highest BCUT2D eigenvalue weighted by molar-refractivity contribution is 5.80. The normalized spacial score (nSPS) is 22.1. The number of halogens is 2. The maximum absolute atomic E-state index is 14.5. The predicted molar refractivity (Wildman–Crippen MR) is 129 cm³/mol. The van der Waals surface area contributed by atoms with Crippen molar-refractivity contribution in [2.24, 2.45) is 11.1 Å². The molecule has 37 heavy (non-hydrogen) atoms. The fourth-order valence-electron chi connectivity index (χ4n) is 6.18. The average Bonchev–Trinajstić information content (AvgIpc) is 3.52. The fraction of sp³-hybridized carbons (Fsp3) is 0.333. The Balaban J connectivity index is 1.46. The molecule has 3 heterocycles. The van der Waals surface area contributed by atoms with E-state index in [0.29, 0.717) is 17.1 Å². The van der Waals surface area contributed by atoms with E-state index in [0.717, 1.165) is 24.1 Å². The van der Waals surface area contributed by atoms with Crippen LogP contribution < -0.4 is 5.73 Å². The Labute approximate surface area is 211 Å². The van der Waals surface area contributed by atoms with E-state index in [-0.39, 0.29) is 28.5 Å². The van der Waals surface area contributed by atoms with Crippen molar-refractivity contribution in [3.8, 4) is 22.8 Å². The first-order chi connectivity index (χ1) is 17.6. The number of benzene rings is 1. The molecular weight excluding hydrogens is 478 g/mol. The van der Waals surface area contributed by atoms with Crippen molar-refractivity contribution in [3.63, 3.8) is 0 Å². The highest BCUT2D eigenvalue weighted by Gasteiger charge is 2.65. The number of amides is 1. The first-order valence-corrected chi connectivity index (χ1v) is 12.0. The number of nitrogens with zero attached hydrogens (tertiary/aromatic N) is 5. The zero-order valence-electron chi connectivity index (χ0n) is 20.5. The molecule has 2 N–H and O–H groups in total. The van der Waals surface area contributed by atoms with E-state index in [1.807, 2.05) is 0 Å². The molecule has 3 aromatic heterocycles. The summed E-state index contributed by atoms with van der Waals surface area (Å²) in [6, 6.07) is 5.51. The van der Waals surface area contributed by atoms with Gasteiger partial charge in [0.2, 0.25) is 11.8 Å². The Morgan fingerprint density at radius 1 is 1.14 bits per heavy atom. The van der Waals surface area contributed by atoms with Gasteiger partial charge in [0.15, 0.2) is 0 Å². The van der Waals surface area contributed by atoms with Crippen LogP contribution in [0.25, 0.3) is 22.8 Å². The van der Waals surface area contributed by atoms with E-state index in [1.165, 1.54) is 24.5 Å². The van der Waals surface area contributed by atoms with Crippen molar-refractivity contribution in [1.82, 2.24) is 25.1 Å². The van der Waals surface area contributed by atoms with Gasteiger partial charge >= 0.3 is 0 Å². The van der Waals surface area contributed by atoms with Crippen LogP contribution in [0.1, 0.15) is 68.1 Å². The first kappa shape index (κ1) is 23.3. The number of primary amides is 1. The van der Waals surface area contributed by atoms with Crippen LogP contribution in [0.15, 0.2) is 47.3 Å². The van der Waals surface area contributed by atoms with Gasteiger partial charge in [-0.3, -0.25) is 9.78 Å². The van der Waals surface area contributed by atoms with E-state index in [4.69, 9.17) is 15.1 Å². The van der Waals surface area contributed by atoms with Gasteiger partial charge in [-0.25, -0.2) is 18.7 Å². The lowest BCUT2D eigenvalue weighted by molar-refractivity contribution is -0.119. The van der Waals surface area contributed by atoms with E-state index in [9.17, 15) is 13.6 Å². The lowest BCUT2D eigenvalue weighted by Crippen LogP contribution is -2.38. The lowest BCUT2D eigenvalue weighted by Gasteiger charge is -2.37. The second-order valence-electron chi connectivity index (χ2n) is 10.3. The second kappa shape index (κ2) is 7.96. The molecule has 10 heteroatoms. The van der Waals surface area contributed by atoms with Crippen LogP contribution in [0, 0.1) is 17.0 Å². The molecule has 2 bridgehead atoms. The molecule has 0 saturated heterocycles.